The lowest BCUT2D eigenvalue weighted by atomic mass is 10.1. The van der Waals surface area contributed by atoms with E-state index in [2.05, 4.69) is 19.6 Å². The van der Waals surface area contributed by atoms with E-state index in [9.17, 15) is 8.42 Å². The highest BCUT2D eigenvalue weighted by Crippen LogP contribution is 2.16. The summed E-state index contributed by atoms with van der Waals surface area (Å²) in [4.78, 5) is 10.5. The molecule has 1 saturated heterocycles. The number of nitrogens with one attached hydrogen (secondary N) is 1. The third-order valence-corrected chi connectivity index (χ3v) is 4.24. The quantitative estimate of drug-likeness (QED) is 0.890. The monoisotopic (exact) mass is 270 g/mol. The van der Waals surface area contributed by atoms with Crippen molar-refractivity contribution in [2.45, 2.75) is 26.2 Å². The van der Waals surface area contributed by atoms with Crippen LogP contribution in [0.15, 0.2) is 12.4 Å². The van der Waals surface area contributed by atoms with E-state index in [0.717, 1.165) is 25.9 Å². The van der Waals surface area contributed by atoms with Gasteiger partial charge in [-0.3, -0.25) is 4.72 Å². The first-order chi connectivity index (χ1) is 8.61. The molecule has 7 heteroatoms. The maximum absolute atomic E-state index is 11.4. The van der Waals surface area contributed by atoms with Gasteiger partial charge in [-0.25, -0.2) is 18.4 Å². The summed E-state index contributed by atoms with van der Waals surface area (Å²) in [6, 6.07) is 0. The van der Waals surface area contributed by atoms with Crippen LogP contribution in [0.1, 0.15) is 26.2 Å². The minimum atomic E-state index is -3.25. The highest BCUT2D eigenvalue weighted by Gasteiger charge is 2.13. The van der Waals surface area contributed by atoms with E-state index >= 15 is 0 Å². The summed E-state index contributed by atoms with van der Waals surface area (Å²) in [6.07, 6.45) is 6.61. The van der Waals surface area contributed by atoms with Gasteiger partial charge in [0.25, 0.3) is 0 Å². The van der Waals surface area contributed by atoms with Gasteiger partial charge in [-0.05, 0) is 26.2 Å². The molecule has 18 heavy (non-hydrogen) atoms. The van der Waals surface area contributed by atoms with Crippen LogP contribution in [0.5, 0.6) is 0 Å². The molecule has 2 rings (SSSR count). The predicted octanol–water partition coefficient (Wildman–Crippen LogP) is 1.23. The summed E-state index contributed by atoms with van der Waals surface area (Å²) in [5.74, 6) is 0.718. The van der Waals surface area contributed by atoms with Crippen molar-refractivity contribution in [3.8, 4) is 0 Å². The molecular formula is C11H18N4O2S. The smallest absolute Gasteiger partial charge is 0.232 e. The second-order valence-electron chi connectivity index (χ2n) is 4.32. The topological polar surface area (TPSA) is 75.2 Å². The molecule has 100 valence electrons. The first kappa shape index (κ1) is 13.1. The first-order valence-electron chi connectivity index (χ1n) is 6.18. The molecule has 0 unspecified atom stereocenters. The van der Waals surface area contributed by atoms with E-state index in [1.54, 1.807) is 6.92 Å². The molecule has 0 spiro atoms. The minimum Gasteiger partial charge on any atom is -0.341 e. The van der Waals surface area contributed by atoms with Crippen LogP contribution in [0.3, 0.4) is 0 Å². The second-order valence-corrected chi connectivity index (χ2v) is 6.34. The van der Waals surface area contributed by atoms with E-state index in [4.69, 9.17) is 0 Å². The van der Waals surface area contributed by atoms with Crippen molar-refractivity contribution in [3.63, 3.8) is 0 Å². The molecule has 1 fully saturated rings. The molecule has 1 N–H and O–H groups in total. The van der Waals surface area contributed by atoms with Gasteiger partial charge in [0.05, 0.1) is 23.8 Å². The number of aromatic nitrogens is 2. The zero-order valence-corrected chi connectivity index (χ0v) is 11.3. The van der Waals surface area contributed by atoms with E-state index in [1.165, 1.54) is 18.8 Å². The normalized spacial score (nSPS) is 16.6. The number of hydrogen-bond acceptors (Lipinski definition) is 5. The highest BCUT2D eigenvalue weighted by atomic mass is 32.2. The van der Waals surface area contributed by atoms with Gasteiger partial charge in [-0.1, -0.05) is 0 Å². The third-order valence-electron chi connectivity index (χ3n) is 2.93. The average Bonchev–Trinajstić information content (AvgIpc) is 2.40. The van der Waals surface area contributed by atoms with Crippen LogP contribution in [0.2, 0.25) is 0 Å². The van der Waals surface area contributed by atoms with E-state index < -0.39 is 10.0 Å². The second kappa shape index (κ2) is 5.51. The molecule has 1 aliphatic rings. The Morgan fingerprint density at radius 1 is 1.22 bits per heavy atom. The molecule has 6 nitrogen and oxygen atoms in total. The van der Waals surface area contributed by atoms with Crippen molar-refractivity contribution in [1.29, 1.82) is 0 Å². The van der Waals surface area contributed by atoms with Gasteiger partial charge >= 0.3 is 0 Å². The summed E-state index contributed by atoms with van der Waals surface area (Å²) >= 11 is 0. The van der Waals surface area contributed by atoms with Crippen molar-refractivity contribution in [2.75, 3.05) is 28.5 Å². The van der Waals surface area contributed by atoms with Gasteiger partial charge in [0, 0.05) is 13.1 Å². The standard InChI is InChI=1S/C11H18N4O2S/c1-2-18(16,17)14-10-8-12-11(13-9-10)15-6-4-3-5-7-15/h8-9,14H,2-7H2,1H3. The highest BCUT2D eigenvalue weighted by molar-refractivity contribution is 7.92. The van der Waals surface area contributed by atoms with E-state index in [0.29, 0.717) is 11.6 Å². The zero-order valence-electron chi connectivity index (χ0n) is 10.5. The SMILES string of the molecule is CCS(=O)(=O)Nc1cnc(N2CCCCC2)nc1. The van der Waals surface area contributed by atoms with Gasteiger partial charge in [0.1, 0.15) is 0 Å². The van der Waals surface area contributed by atoms with Gasteiger partial charge in [0.2, 0.25) is 16.0 Å². The van der Waals surface area contributed by atoms with Crippen LogP contribution in [-0.4, -0.2) is 37.2 Å². The fourth-order valence-electron chi connectivity index (χ4n) is 1.88. The van der Waals surface area contributed by atoms with E-state index in [-0.39, 0.29) is 5.75 Å². The third kappa shape index (κ3) is 3.32. The summed E-state index contributed by atoms with van der Waals surface area (Å²) in [7, 11) is -3.25. The van der Waals surface area contributed by atoms with Crippen molar-refractivity contribution >= 4 is 21.7 Å². The Hall–Kier alpha value is -1.37. The molecule has 0 radical (unpaired) electrons. The van der Waals surface area contributed by atoms with Crippen molar-refractivity contribution in [3.05, 3.63) is 12.4 Å². The zero-order chi connectivity index (χ0) is 13.0. The Morgan fingerprint density at radius 3 is 2.39 bits per heavy atom. The van der Waals surface area contributed by atoms with Crippen LogP contribution < -0.4 is 9.62 Å². The largest absolute Gasteiger partial charge is 0.341 e. The Morgan fingerprint density at radius 2 is 1.83 bits per heavy atom. The maximum atomic E-state index is 11.4. The van der Waals surface area contributed by atoms with Gasteiger partial charge in [-0.15, -0.1) is 0 Å². The van der Waals surface area contributed by atoms with Gasteiger partial charge in [0.15, 0.2) is 0 Å². The van der Waals surface area contributed by atoms with Crippen LogP contribution >= 0.6 is 0 Å². The Balaban J connectivity index is 2.05. The number of hydrogen-bond donors (Lipinski definition) is 1. The summed E-state index contributed by atoms with van der Waals surface area (Å²) < 4.78 is 25.2. The molecular weight excluding hydrogens is 252 g/mol. The number of anilines is 2. The lowest BCUT2D eigenvalue weighted by Crippen LogP contribution is -2.30. The fraction of sp³-hybridized carbons (Fsp3) is 0.636. The van der Waals surface area contributed by atoms with Crippen molar-refractivity contribution in [2.24, 2.45) is 0 Å². The fourth-order valence-corrected chi connectivity index (χ4v) is 2.49. The number of nitrogens with zero attached hydrogens (tertiary/aromatic N) is 3. The number of rotatable bonds is 4. The van der Waals surface area contributed by atoms with Crippen LogP contribution in [0.25, 0.3) is 0 Å². The van der Waals surface area contributed by atoms with Gasteiger partial charge in [-0.2, -0.15) is 0 Å². The number of sulfonamides is 1. The molecule has 0 aliphatic carbocycles. The molecule has 1 aromatic rings. The van der Waals surface area contributed by atoms with E-state index in [1.807, 2.05) is 0 Å². The first-order valence-corrected chi connectivity index (χ1v) is 7.83. The summed E-state index contributed by atoms with van der Waals surface area (Å²) in [6.45, 7) is 3.53. The summed E-state index contributed by atoms with van der Waals surface area (Å²) in [5.41, 5.74) is 0.414. The molecule has 0 saturated carbocycles. The van der Waals surface area contributed by atoms with Gasteiger partial charge < -0.3 is 4.90 Å². The van der Waals surface area contributed by atoms with Crippen LogP contribution in [-0.2, 0) is 10.0 Å². The maximum Gasteiger partial charge on any atom is 0.232 e. The summed E-state index contributed by atoms with van der Waals surface area (Å²) in [5, 5.41) is 0. The Kier molecular flexibility index (Phi) is 4.00. The molecule has 1 aliphatic heterocycles. The molecule has 0 aromatic carbocycles. The molecule has 0 amide bonds. The van der Waals surface area contributed by atoms with Crippen molar-refractivity contribution < 1.29 is 8.42 Å². The minimum absolute atomic E-state index is 0.0425. The van der Waals surface area contributed by atoms with Crippen LogP contribution in [0.4, 0.5) is 11.6 Å². The predicted molar refractivity (Wildman–Crippen MR) is 71.2 cm³/mol. The molecule has 1 aromatic heterocycles. The molecule has 0 atom stereocenters. The molecule has 2 heterocycles. The Labute approximate surface area is 107 Å². The lowest BCUT2D eigenvalue weighted by Gasteiger charge is -2.26. The van der Waals surface area contributed by atoms with Crippen LogP contribution in [0, 0.1) is 0 Å². The Bertz CT molecular complexity index is 480. The molecule has 0 bridgehead atoms. The number of piperidine rings is 1. The lowest BCUT2D eigenvalue weighted by molar-refractivity contribution is 0.568. The average molecular weight is 270 g/mol. The van der Waals surface area contributed by atoms with Crippen molar-refractivity contribution in [1.82, 2.24) is 9.97 Å².